The van der Waals surface area contributed by atoms with Gasteiger partial charge >= 0.3 is 5.97 Å². The number of hydrogen-bond acceptors (Lipinski definition) is 4. The van der Waals surface area contributed by atoms with Crippen LogP contribution < -0.4 is 5.32 Å². The van der Waals surface area contributed by atoms with Gasteiger partial charge in [-0.2, -0.15) is 0 Å². The van der Waals surface area contributed by atoms with Gasteiger partial charge in [-0.1, -0.05) is 13.8 Å². The number of esters is 1. The minimum atomic E-state index is -0.175. The van der Waals surface area contributed by atoms with Gasteiger partial charge in [-0.25, -0.2) is 0 Å². The molecule has 0 aromatic carbocycles. The van der Waals surface area contributed by atoms with Gasteiger partial charge in [0.15, 0.2) is 0 Å². The van der Waals surface area contributed by atoms with Crippen molar-refractivity contribution in [2.45, 2.75) is 32.7 Å². The van der Waals surface area contributed by atoms with Gasteiger partial charge in [-0.3, -0.25) is 4.79 Å². The average Bonchev–Trinajstić information content (AvgIpc) is 2.75. The van der Waals surface area contributed by atoms with E-state index in [1.807, 2.05) is 0 Å². The van der Waals surface area contributed by atoms with E-state index in [0.29, 0.717) is 11.8 Å². The molecule has 1 fully saturated rings. The lowest BCUT2D eigenvalue weighted by Crippen LogP contribution is -2.41. The predicted molar refractivity (Wildman–Crippen MR) is 62.2 cm³/mol. The molecule has 0 bridgehead atoms. The molecular formula is C12H23NO3. The van der Waals surface area contributed by atoms with Gasteiger partial charge in [-0.05, 0) is 24.7 Å². The molecule has 1 N–H and O–H groups in total. The first kappa shape index (κ1) is 13.5. The number of hydrogen-bond donors (Lipinski definition) is 1. The Labute approximate surface area is 97.7 Å². The van der Waals surface area contributed by atoms with Crippen LogP contribution in [0.25, 0.3) is 0 Å². The van der Waals surface area contributed by atoms with Crippen LogP contribution >= 0.6 is 0 Å². The van der Waals surface area contributed by atoms with Crippen LogP contribution in [0.5, 0.6) is 0 Å². The Balaban J connectivity index is 2.33. The van der Waals surface area contributed by atoms with Crippen molar-refractivity contribution in [2.24, 2.45) is 11.8 Å². The molecule has 1 aliphatic rings. The summed E-state index contributed by atoms with van der Waals surface area (Å²) in [5.74, 6) is 0.864. The normalized spacial score (nSPS) is 22.4. The van der Waals surface area contributed by atoms with E-state index in [1.165, 1.54) is 7.11 Å². The van der Waals surface area contributed by atoms with E-state index in [0.717, 1.165) is 32.6 Å². The van der Waals surface area contributed by atoms with Crippen LogP contribution in [-0.4, -0.2) is 38.9 Å². The van der Waals surface area contributed by atoms with Crippen molar-refractivity contribution in [3.05, 3.63) is 0 Å². The van der Waals surface area contributed by atoms with E-state index in [2.05, 4.69) is 19.2 Å². The fourth-order valence-electron chi connectivity index (χ4n) is 1.93. The highest BCUT2D eigenvalue weighted by atomic mass is 16.5. The van der Waals surface area contributed by atoms with Crippen molar-refractivity contribution < 1.29 is 14.3 Å². The summed E-state index contributed by atoms with van der Waals surface area (Å²) in [6.45, 7) is 6.71. The number of carbonyl (C=O) groups is 1. The molecule has 2 atom stereocenters. The van der Waals surface area contributed by atoms with Crippen molar-refractivity contribution in [1.29, 1.82) is 0 Å². The fourth-order valence-corrected chi connectivity index (χ4v) is 1.93. The fraction of sp³-hybridized carbons (Fsp3) is 0.917. The molecule has 0 aromatic rings. The van der Waals surface area contributed by atoms with Crippen LogP contribution in [0, 0.1) is 11.8 Å². The molecule has 0 saturated carbocycles. The Morgan fingerprint density at radius 1 is 1.56 bits per heavy atom. The summed E-state index contributed by atoms with van der Waals surface area (Å²) >= 11 is 0. The molecule has 0 aromatic heterocycles. The van der Waals surface area contributed by atoms with Crippen molar-refractivity contribution in [1.82, 2.24) is 5.32 Å². The lowest BCUT2D eigenvalue weighted by molar-refractivity contribution is -0.143. The maximum absolute atomic E-state index is 11.5. The molecule has 0 radical (unpaired) electrons. The molecule has 4 nitrogen and oxygen atoms in total. The second kappa shape index (κ2) is 6.86. The minimum Gasteiger partial charge on any atom is -0.468 e. The van der Waals surface area contributed by atoms with Crippen molar-refractivity contribution in [3.63, 3.8) is 0 Å². The third-order valence-corrected chi connectivity index (χ3v) is 2.87. The quantitative estimate of drug-likeness (QED) is 0.695. The smallest absolute Gasteiger partial charge is 0.322 e. The molecule has 0 spiro atoms. The highest BCUT2D eigenvalue weighted by molar-refractivity contribution is 5.75. The summed E-state index contributed by atoms with van der Waals surface area (Å²) in [7, 11) is 1.44. The third kappa shape index (κ3) is 4.49. The van der Waals surface area contributed by atoms with E-state index >= 15 is 0 Å². The lowest BCUT2D eigenvalue weighted by Gasteiger charge is -2.19. The summed E-state index contributed by atoms with van der Waals surface area (Å²) in [4.78, 5) is 11.5. The van der Waals surface area contributed by atoms with Crippen LogP contribution in [0.15, 0.2) is 0 Å². The first-order valence-corrected chi connectivity index (χ1v) is 6.02. The number of rotatable bonds is 6. The summed E-state index contributed by atoms with van der Waals surface area (Å²) in [5, 5.41) is 3.29. The van der Waals surface area contributed by atoms with Crippen LogP contribution in [0.2, 0.25) is 0 Å². The van der Waals surface area contributed by atoms with Crippen LogP contribution in [-0.2, 0) is 14.3 Å². The number of ether oxygens (including phenoxy) is 2. The van der Waals surface area contributed by atoms with E-state index < -0.39 is 0 Å². The average molecular weight is 229 g/mol. The van der Waals surface area contributed by atoms with Crippen LogP contribution in [0.3, 0.4) is 0 Å². The predicted octanol–water partition coefficient (Wildman–Crippen LogP) is 1.20. The third-order valence-electron chi connectivity index (χ3n) is 2.87. The molecule has 94 valence electrons. The topological polar surface area (TPSA) is 47.6 Å². The zero-order valence-electron chi connectivity index (χ0n) is 10.5. The number of carbonyl (C=O) groups excluding carboxylic acids is 1. The molecule has 0 amide bonds. The Morgan fingerprint density at radius 3 is 2.81 bits per heavy atom. The Morgan fingerprint density at radius 2 is 2.31 bits per heavy atom. The van der Waals surface area contributed by atoms with Gasteiger partial charge in [0, 0.05) is 13.2 Å². The largest absolute Gasteiger partial charge is 0.468 e. The molecule has 2 unspecified atom stereocenters. The van der Waals surface area contributed by atoms with Crippen molar-refractivity contribution in [2.75, 3.05) is 26.9 Å². The summed E-state index contributed by atoms with van der Waals surface area (Å²) < 4.78 is 10.1. The zero-order chi connectivity index (χ0) is 12.0. The van der Waals surface area contributed by atoms with E-state index in [-0.39, 0.29) is 12.0 Å². The summed E-state index contributed by atoms with van der Waals surface area (Å²) in [6.07, 6.45) is 1.91. The van der Waals surface area contributed by atoms with E-state index in [1.54, 1.807) is 0 Å². The van der Waals surface area contributed by atoms with Crippen LogP contribution in [0.4, 0.5) is 0 Å². The zero-order valence-corrected chi connectivity index (χ0v) is 10.5. The molecule has 0 aliphatic carbocycles. The summed E-state index contributed by atoms with van der Waals surface area (Å²) in [6, 6.07) is -0.175. The van der Waals surface area contributed by atoms with Gasteiger partial charge in [0.1, 0.15) is 6.04 Å². The van der Waals surface area contributed by atoms with Crippen LogP contribution in [0.1, 0.15) is 26.7 Å². The summed E-state index contributed by atoms with van der Waals surface area (Å²) in [5.41, 5.74) is 0. The highest BCUT2D eigenvalue weighted by Crippen LogP contribution is 2.12. The van der Waals surface area contributed by atoms with Gasteiger partial charge in [0.25, 0.3) is 0 Å². The lowest BCUT2D eigenvalue weighted by atomic mass is 10.0. The van der Waals surface area contributed by atoms with Crippen molar-refractivity contribution >= 4 is 5.97 Å². The molecule has 1 heterocycles. The van der Waals surface area contributed by atoms with Crippen molar-refractivity contribution in [3.8, 4) is 0 Å². The first-order valence-electron chi connectivity index (χ1n) is 6.02. The van der Waals surface area contributed by atoms with Gasteiger partial charge < -0.3 is 14.8 Å². The standard InChI is InChI=1S/C12H23NO3/c1-9(2)6-11(12(14)15-3)13-7-10-4-5-16-8-10/h9-11,13H,4-8H2,1-3H3. The Bertz CT molecular complexity index is 212. The first-order chi connectivity index (χ1) is 7.63. The molecular weight excluding hydrogens is 206 g/mol. The van der Waals surface area contributed by atoms with Gasteiger partial charge in [0.05, 0.1) is 13.7 Å². The highest BCUT2D eigenvalue weighted by Gasteiger charge is 2.22. The maximum atomic E-state index is 11.5. The van der Waals surface area contributed by atoms with E-state index in [9.17, 15) is 4.79 Å². The number of methoxy groups -OCH3 is 1. The number of nitrogens with one attached hydrogen (secondary N) is 1. The van der Waals surface area contributed by atoms with Gasteiger partial charge in [0.2, 0.25) is 0 Å². The molecule has 16 heavy (non-hydrogen) atoms. The SMILES string of the molecule is COC(=O)C(CC(C)C)NCC1CCOC1. The Hall–Kier alpha value is -0.610. The monoisotopic (exact) mass is 229 g/mol. The maximum Gasteiger partial charge on any atom is 0.322 e. The molecule has 1 aliphatic heterocycles. The second-order valence-corrected chi connectivity index (χ2v) is 4.84. The molecule has 4 heteroatoms. The second-order valence-electron chi connectivity index (χ2n) is 4.84. The molecule has 1 rings (SSSR count). The Kier molecular flexibility index (Phi) is 5.77. The minimum absolute atomic E-state index is 0.160. The van der Waals surface area contributed by atoms with E-state index in [4.69, 9.17) is 9.47 Å². The van der Waals surface area contributed by atoms with Gasteiger partial charge in [-0.15, -0.1) is 0 Å². The molecule has 1 saturated heterocycles.